The van der Waals surface area contributed by atoms with E-state index in [-0.39, 0.29) is 0 Å². The summed E-state index contributed by atoms with van der Waals surface area (Å²) in [6, 6.07) is 1.59. The van der Waals surface area contributed by atoms with Crippen molar-refractivity contribution in [2.24, 2.45) is 0 Å². The van der Waals surface area contributed by atoms with E-state index in [0.29, 0.717) is 0 Å². The topological polar surface area (TPSA) is 15.3 Å². The molecule has 2 heterocycles. The number of nitrogens with zero attached hydrogens (tertiary/aromatic N) is 1. The van der Waals surface area contributed by atoms with Gasteiger partial charge in [0.1, 0.15) is 0 Å². The van der Waals surface area contributed by atoms with Crippen LogP contribution in [0.5, 0.6) is 0 Å². The van der Waals surface area contributed by atoms with Crippen molar-refractivity contribution in [2.75, 3.05) is 19.6 Å². The molecule has 0 saturated carbocycles. The van der Waals surface area contributed by atoms with Crippen molar-refractivity contribution in [2.45, 2.75) is 31.8 Å². The van der Waals surface area contributed by atoms with Crippen LogP contribution in [0.15, 0.2) is 0 Å². The van der Waals surface area contributed by atoms with Gasteiger partial charge in [0.25, 0.3) is 0 Å². The van der Waals surface area contributed by atoms with Gasteiger partial charge in [0.15, 0.2) is 0 Å². The minimum Gasteiger partial charge on any atom is -0.311 e. The zero-order chi connectivity index (χ0) is 6.97. The molecule has 0 aromatic carbocycles. The molecule has 2 nitrogen and oxygen atoms in total. The highest BCUT2D eigenvalue weighted by Crippen LogP contribution is 2.21. The van der Waals surface area contributed by atoms with Crippen molar-refractivity contribution >= 4 is 0 Å². The maximum Gasteiger partial charge on any atom is 0.0247 e. The third-order valence-corrected chi connectivity index (χ3v) is 2.86. The first-order valence-corrected chi connectivity index (χ1v) is 4.35. The van der Waals surface area contributed by atoms with Gasteiger partial charge in [-0.2, -0.15) is 0 Å². The van der Waals surface area contributed by atoms with Gasteiger partial charge in [0.05, 0.1) is 0 Å². The van der Waals surface area contributed by atoms with Crippen LogP contribution in [0, 0.1) is 0 Å². The number of nitrogens with one attached hydrogen (secondary N) is 1. The molecule has 0 spiro atoms. The number of hydrogen-bond acceptors (Lipinski definition) is 2. The molecule has 0 aliphatic carbocycles. The highest BCUT2D eigenvalue weighted by molar-refractivity contribution is 4.90. The van der Waals surface area contributed by atoms with Gasteiger partial charge in [-0.15, -0.1) is 0 Å². The fourth-order valence-corrected chi connectivity index (χ4v) is 2.27. The smallest absolute Gasteiger partial charge is 0.0247 e. The van der Waals surface area contributed by atoms with Gasteiger partial charge >= 0.3 is 0 Å². The Morgan fingerprint density at radius 3 is 3.10 bits per heavy atom. The molecule has 2 fully saturated rings. The summed E-state index contributed by atoms with van der Waals surface area (Å²) in [6.07, 6.45) is 2.82. The van der Waals surface area contributed by atoms with Gasteiger partial charge in [-0.3, -0.25) is 4.90 Å². The minimum atomic E-state index is 0.733. The summed E-state index contributed by atoms with van der Waals surface area (Å²) in [6.45, 7) is 6.12. The Kier molecular flexibility index (Phi) is 1.66. The van der Waals surface area contributed by atoms with Crippen molar-refractivity contribution < 1.29 is 0 Å². The Balaban J connectivity index is 2.03. The van der Waals surface area contributed by atoms with E-state index >= 15 is 0 Å². The molecule has 0 amide bonds. The van der Waals surface area contributed by atoms with Crippen molar-refractivity contribution in [1.29, 1.82) is 0 Å². The predicted octanol–water partition coefficient (Wildman–Crippen LogP) is 0.442. The van der Waals surface area contributed by atoms with E-state index in [4.69, 9.17) is 0 Å². The Morgan fingerprint density at radius 2 is 2.30 bits per heavy atom. The molecule has 2 atom stereocenters. The highest BCUT2D eigenvalue weighted by atomic mass is 15.2. The zero-order valence-corrected chi connectivity index (χ0v) is 6.64. The second kappa shape index (κ2) is 2.51. The van der Waals surface area contributed by atoms with Gasteiger partial charge in [-0.1, -0.05) is 0 Å². The van der Waals surface area contributed by atoms with Gasteiger partial charge in [0.2, 0.25) is 0 Å². The normalized spacial score (nSPS) is 41.7. The number of hydrogen-bond donors (Lipinski definition) is 1. The summed E-state index contributed by atoms with van der Waals surface area (Å²) in [5, 5.41) is 3.51. The molecular weight excluding hydrogens is 124 g/mol. The molecule has 0 aromatic heterocycles. The Bertz CT molecular complexity index is 124. The molecule has 58 valence electrons. The van der Waals surface area contributed by atoms with Crippen molar-refractivity contribution in [3.8, 4) is 0 Å². The molecular formula is C8H16N2. The molecule has 2 saturated heterocycles. The van der Waals surface area contributed by atoms with Gasteiger partial charge in [0, 0.05) is 25.2 Å². The molecule has 0 aromatic rings. The van der Waals surface area contributed by atoms with Gasteiger partial charge < -0.3 is 5.32 Å². The van der Waals surface area contributed by atoms with E-state index in [0.717, 1.165) is 12.1 Å². The molecule has 2 aliphatic heterocycles. The molecule has 2 rings (SSSR count). The number of rotatable bonds is 0. The number of piperazine rings is 1. The average molecular weight is 140 g/mol. The van der Waals surface area contributed by atoms with Crippen LogP contribution in [0.1, 0.15) is 19.8 Å². The van der Waals surface area contributed by atoms with Crippen LogP contribution in [-0.2, 0) is 0 Å². The summed E-state index contributed by atoms with van der Waals surface area (Å²) in [7, 11) is 0. The van der Waals surface area contributed by atoms with Gasteiger partial charge in [-0.05, 0) is 26.3 Å². The Morgan fingerprint density at radius 1 is 1.40 bits per heavy atom. The maximum atomic E-state index is 3.51. The summed E-state index contributed by atoms with van der Waals surface area (Å²) in [5.41, 5.74) is 0. The van der Waals surface area contributed by atoms with E-state index < -0.39 is 0 Å². The summed E-state index contributed by atoms with van der Waals surface area (Å²) >= 11 is 0. The van der Waals surface area contributed by atoms with Crippen LogP contribution >= 0.6 is 0 Å². The van der Waals surface area contributed by atoms with E-state index in [1.165, 1.54) is 32.5 Å². The maximum absolute atomic E-state index is 3.51. The summed E-state index contributed by atoms with van der Waals surface area (Å²) < 4.78 is 0. The standard InChI is InChI=1S/C8H16N2/c1-7-8-3-2-5-10(8)6-4-9-7/h7-9H,2-6H2,1H3/t7-,8-/m1/s1. The number of fused-ring (bicyclic) bond motifs is 1. The Labute approximate surface area is 62.6 Å². The van der Waals surface area contributed by atoms with E-state index in [2.05, 4.69) is 17.1 Å². The fourth-order valence-electron chi connectivity index (χ4n) is 2.27. The van der Waals surface area contributed by atoms with Crippen LogP contribution in [0.2, 0.25) is 0 Å². The van der Waals surface area contributed by atoms with Crippen molar-refractivity contribution in [3.05, 3.63) is 0 Å². The second-order valence-electron chi connectivity index (χ2n) is 3.49. The lowest BCUT2D eigenvalue weighted by Gasteiger charge is -2.35. The first kappa shape index (κ1) is 6.62. The third-order valence-electron chi connectivity index (χ3n) is 2.86. The molecule has 10 heavy (non-hydrogen) atoms. The first-order chi connectivity index (χ1) is 4.88. The SMILES string of the molecule is C[C@H]1NCCN2CCC[C@H]12. The van der Waals surface area contributed by atoms with Crippen molar-refractivity contribution in [3.63, 3.8) is 0 Å². The summed E-state index contributed by atoms with van der Waals surface area (Å²) in [5.74, 6) is 0. The summed E-state index contributed by atoms with van der Waals surface area (Å²) in [4.78, 5) is 2.63. The van der Waals surface area contributed by atoms with Gasteiger partial charge in [-0.25, -0.2) is 0 Å². The minimum absolute atomic E-state index is 0.733. The molecule has 2 heteroatoms. The molecule has 0 unspecified atom stereocenters. The second-order valence-corrected chi connectivity index (χ2v) is 3.49. The first-order valence-electron chi connectivity index (χ1n) is 4.35. The molecule has 1 N–H and O–H groups in total. The zero-order valence-electron chi connectivity index (χ0n) is 6.64. The average Bonchev–Trinajstić information content (AvgIpc) is 2.36. The quantitative estimate of drug-likeness (QED) is 0.525. The van der Waals surface area contributed by atoms with E-state index in [9.17, 15) is 0 Å². The highest BCUT2D eigenvalue weighted by Gasteiger charge is 2.31. The molecule has 0 radical (unpaired) electrons. The lowest BCUT2D eigenvalue weighted by Crippen LogP contribution is -2.53. The lowest BCUT2D eigenvalue weighted by molar-refractivity contribution is 0.171. The van der Waals surface area contributed by atoms with E-state index in [1.54, 1.807) is 0 Å². The Hall–Kier alpha value is -0.0800. The van der Waals surface area contributed by atoms with Crippen LogP contribution in [-0.4, -0.2) is 36.6 Å². The monoisotopic (exact) mass is 140 g/mol. The lowest BCUT2D eigenvalue weighted by atomic mass is 10.1. The van der Waals surface area contributed by atoms with Crippen LogP contribution < -0.4 is 5.32 Å². The predicted molar refractivity (Wildman–Crippen MR) is 42.1 cm³/mol. The van der Waals surface area contributed by atoms with E-state index in [1.807, 2.05) is 0 Å². The molecule has 0 bridgehead atoms. The van der Waals surface area contributed by atoms with Crippen molar-refractivity contribution in [1.82, 2.24) is 10.2 Å². The fraction of sp³-hybridized carbons (Fsp3) is 1.00. The molecule has 2 aliphatic rings. The van der Waals surface area contributed by atoms with Crippen LogP contribution in [0.25, 0.3) is 0 Å². The largest absolute Gasteiger partial charge is 0.311 e. The van der Waals surface area contributed by atoms with Crippen LogP contribution in [0.3, 0.4) is 0 Å². The third kappa shape index (κ3) is 0.956. The van der Waals surface area contributed by atoms with Crippen LogP contribution in [0.4, 0.5) is 0 Å².